The van der Waals surface area contributed by atoms with E-state index >= 15 is 0 Å². The quantitative estimate of drug-likeness (QED) is 0.377. The van der Waals surface area contributed by atoms with Crippen LogP contribution in [0, 0.1) is 33.5 Å². The van der Waals surface area contributed by atoms with Crippen molar-refractivity contribution in [1.82, 2.24) is 0 Å². The van der Waals surface area contributed by atoms with Crippen molar-refractivity contribution in [3.63, 3.8) is 0 Å². The first-order valence-corrected chi connectivity index (χ1v) is 13.9. The van der Waals surface area contributed by atoms with Crippen LogP contribution in [0.4, 0.5) is 0 Å². The normalized spacial score (nSPS) is 37.2. The number of hydrogen-bond acceptors (Lipinski definition) is 2. The van der Waals surface area contributed by atoms with Crippen molar-refractivity contribution in [1.29, 1.82) is 0 Å². The molecule has 2 heteroatoms. The maximum Gasteiger partial charge on any atom is 0.0603 e. The Morgan fingerprint density at radius 1 is 1.03 bits per heavy atom. The predicted octanol–water partition coefficient (Wildman–Crippen LogP) is 8.23. The van der Waals surface area contributed by atoms with E-state index in [4.69, 9.17) is 0 Å². The van der Waals surface area contributed by atoms with Gasteiger partial charge in [0.2, 0.25) is 0 Å². The highest BCUT2D eigenvalue weighted by Gasteiger charge is 2.60. The Bertz CT molecular complexity index is 766. The highest BCUT2D eigenvalue weighted by atomic mass is 16.3. The summed E-state index contributed by atoms with van der Waals surface area (Å²) in [5.74, 6) is 0.930. The van der Waals surface area contributed by atoms with Gasteiger partial charge in [-0.2, -0.15) is 0 Å². The van der Waals surface area contributed by atoms with Gasteiger partial charge in [-0.3, -0.25) is 0 Å². The molecule has 0 aromatic rings. The smallest absolute Gasteiger partial charge is 0.0603 e. The summed E-state index contributed by atoms with van der Waals surface area (Å²) < 4.78 is 0. The molecule has 2 N–H and O–H groups in total. The van der Waals surface area contributed by atoms with Crippen LogP contribution >= 0.6 is 0 Å². The second kappa shape index (κ2) is 9.45. The van der Waals surface area contributed by atoms with Gasteiger partial charge in [0.25, 0.3) is 0 Å². The van der Waals surface area contributed by atoms with E-state index in [1.54, 1.807) is 11.1 Å². The van der Waals surface area contributed by atoms with Crippen molar-refractivity contribution in [2.75, 3.05) is 0 Å². The van der Waals surface area contributed by atoms with E-state index in [0.717, 1.165) is 19.3 Å². The molecule has 3 aliphatic rings. The lowest BCUT2D eigenvalue weighted by Crippen LogP contribution is -2.47. The second-order valence-corrected chi connectivity index (χ2v) is 14.1. The predicted molar refractivity (Wildman–Crippen MR) is 141 cm³/mol. The fourth-order valence-electron chi connectivity index (χ4n) is 8.03. The molecular weight excluding hydrogens is 404 g/mol. The third-order valence-corrected chi connectivity index (χ3v) is 10.8. The van der Waals surface area contributed by atoms with Crippen LogP contribution in [-0.4, -0.2) is 22.4 Å². The molecule has 0 aliphatic heterocycles. The molecule has 0 bridgehead atoms. The van der Waals surface area contributed by atoms with Gasteiger partial charge in [-0.05, 0) is 112 Å². The number of rotatable bonds is 7. The Kier molecular flexibility index (Phi) is 7.73. The zero-order chi connectivity index (χ0) is 24.8. The average molecular weight is 459 g/mol. The Hall–Kier alpha value is -0.600. The molecule has 7 atom stereocenters. The zero-order valence-electron chi connectivity index (χ0n) is 23.4. The fourth-order valence-corrected chi connectivity index (χ4v) is 8.03. The molecule has 0 amide bonds. The monoisotopic (exact) mass is 458 g/mol. The Balaban J connectivity index is 1.86. The topological polar surface area (TPSA) is 40.5 Å². The van der Waals surface area contributed by atoms with Crippen LogP contribution in [0.3, 0.4) is 0 Å². The first kappa shape index (κ1) is 27.0. The summed E-state index contributed by atoms with van der Waals surface area (Å²) in [6.07, 6.45) is 13.3. The van der Waals surface area contributed by atoms with Crippen molar-refractivity contribution < 1.29 is 10.2 Å². The highest BCUT2D eigenvalue weighted by molar-refractivity contribution is 5.36. The van der Waals surface area contributed by atoms with Crippen LogP contribution < -0.4 is 0 Å². The van der Waals surface area contributed by atoms with Crippen LogP contribution in [0.2, 0.25) is 0 Å². The summed E-state index contributed by atoms with van der Waals surface area (Å²) in [6.45, 7) is 20.7. The van der Waals surface area contributed by atoms with Crippen molar-refractivity contribution in [3.8, 4) is 0 Å². The fraction of sp³-hybridized carbons (Fsp3) is 0.871. The van der Waals surface area contributed by atoms with Crippen molar-refractivity contribution in [2.45, 2.75) is 139 Å². The standard InChI is InChI=1S/C31H54O2/c1-21(2)12-13-26(32)22(3)23-14-19-31(9)25-11-10-17-29(7,18-16-27(33)28(4,5)6)24(25)15-20-30(23,31)8/h12,22-23,26-27,32-33H,10-11,13-20H2,1-9H3/t22-,23+,26?,27-,29+,30+,31-/m0/s1. The van der Waals surface area contributed by atoms with Crippen molar-refractivity contribution in [2.24, 2.45) is 33.5 Å². The van der Waals surface area contributed by atoms with E-state index in [9.17, 15) is 10.2 Å². The minimum Gasteiger partial charge on any atom is -0.393 e. The lowest BCUT2D eigenvalue weighted by atomic mass is 9.49. The first-order valence-electron chi connectivity index (χ1n) is 13.9. The first-order chi connectivity index (χ1) is 15.2. The van der Waals surface area contributed by atoms with Gasteiger partial charge in [0.15, 0.2) is 0 Å². The van der Waals surface area contributed by atoms with Gasteiger partial charge in [-0.25, -0.2) is 0 Å². The summed E-state index contributed by atoms with van der Waals surface area (Å²) in [5.41, 5.74) is 5.59. The zero-order valence-corrected chi connectivity index (χ0v) is 23.4. The molecule has 0 radical (unpaired) electrons. The van der Waals surface area contributed by atoms with Gasteiger partial charge in [0.1, 0.15) is 0 Å². The maximum atomic E-state index is 11.0. The Morgan fingerprint density at radius 3 is 2.30 bits per heavy atom. The van der Waals surface area contributed by atoms with Gasteiger partial charge in [-0.15, -0.1) is 0 Å². The second-order valence-electron chi connectivity index (χ2n) is 14.1. The van der Waals surface area contributed by atoms with E-state index < -0.39 is 0 Å². The van der Waals surface area contributed by atoms with Crippen molar-refractivity contribution >= 4 is 0 Å². The molecule has 3 aliphatic carbocycles. The molecule has 2 nitrogen and oxygen atoms in total. The number of aliphatic hydroxyl groups excluding tert-OH is 2. The molecule has 0 aromatic heterocycles. The molecule has 1 unspecified atom stereocenters. The number of fused-ring (bicyclic) bond motifs is 2. The lowest BCUT2D eigenvalue weighted by Gasteiger charge is -2.56. The molecule has 0 spiro atoms. The van der Waals surface area contributed by atoms with Crippen LogP contribution in [0.15, 0.2) is 22.8 Å². The molecule has 0 saturated heterocycles. The van der Waals surface area contributed by atoms with Crippen molar-refractivity contribution in [3.05, 3.63) is 22.8 Å². The van der Waals surface area contributed by atoms with Crippen LogP contribution in [0.5, 0.6) is 0 Å². The number of aliphatic hydroxyl groups is 2. The maximum absolute atomic E-state index is 11.0. The van der Waals surface area contributed by atoms with E-state index in [0.29, 0.717) is 11.8 Å². The molecule has 1 fully saturated rings. The molecular formula is C31H54O2. The molecule has 33 heavy (non-hydrogen) atoms. The summed E-state index contributed by atoms with van der Waals surface area (Å²) in [6, 6.07) is 0. The van der Waals surface area contributed by atoms with E-state index in [2.05, 4.69) is 68.4 Å². The van der Waals surface area contributed by atoms with E-state index in [1.165, 1.54) is 50.5 Å². The van der Waals surface area contributed by atoms with Crippen LogP contribution in [0.25, 0.3) is 0 Å². The summed E-state index contributed by atoms with van der Waals surface area (Å²) in [4.78, 5) is 0. The van der Waals surface area contributed by atoms with Gasteiger partial charge in [-0.1, -0.05) is 71.3 Å². The summed E-state index contributed by atoms with van der Waals surface area (Å²) >= 11 is 0. The van der Waals surface area contributed by atoms with E-state index in [1.807, 2.05) is 0 Å². The number of allylic oxidation sites excluding steroid dienone is 3. The molecule has 1 saturated carbocycles. The molecule has 0 aromatic carbocycles. The minimum atomic E-state index is -0.241. The van der Waals surface area contributed by atoms with Gasteiger partial charge in [0.05, 0.1) is 12.2 Å². The Morgan fingerprint density at radius 2 is 1.70 bits per heavy atom. The van der Waals surface area contributed by atoms with Crippen LogP contribution in [-0.2, 0) is 0 Å². The summed E-state index contributed by atoms with van der Waals surface area (Å²) in [5, 5.41) is 21.8. The number of hydrogen-bond donors (Lipinski definition) is 2. The SMILES string of the molecule is CC(C)=CCC(O)[C@@H](C)[C@H]1CC[C@@]2(C)C3=C(CC[C@]12C)[C@@](C)(CC[C@H](O)C(C)(C)C)CCC3. The van der Waals surface area contributed by atoms with Crippen LogP contribution in [0.1, 0.15) is 127 Å². The minimum absolute atomic E-state index is 0.0412. The largest absolute Gasteiger partial charge is 0.393 e. The third-order valence-electron chi connectivity index (χ3n) is 10.8. The average Bonchev–Trinajstić information content (AvgIpc) is 3.01. The lowest BCUT2D eigenvalue weighted by molar-refractivity contribution is -0.00765. The third kappa shape index (κ3) is 4.90. The molecule has 3 rings (SSSR count). The molecule has 190 valence electrons. The van der Waals surface area contributed by atoms with Gasteiger partial charge >= 0.3 is 0 Å². The highest BCUT2D eigenvalue weighted by Crippen LogP contribution is 2.70. The van der Waals surface area contributed by atoms with Gasteiger partial charge < -0.3 is 10.2 Å². The van der Waals surface area contributed by atoms with Gasteiger partial charge in [0, 0.05) is 0 Å². The Labute approximate surface area is 205 Å². The van der Waals surface area contributed by atoms with E-state index in [-0.39, 0.29) is 33.9 Å². The molecule has 0 heterocycles. The summed E-state index contributed by atoms with van der Waals surface area (Å²) in [7, 11) is 0.